The van der Waals surface area contributed by atoms with Crippen LogP contribution in [0.2, 0.25) is 5.15 Å². The predicted octanol–water partition coefficient (Wildman–Crippen LogP) is 3.35. The number of hydrogen-bond donors (Lipinski definition) is 0. The normalized spacial score (nSPS) is 18.4. The van der Waals surface area contributed by atoms with Crippen molar-refractivity contribution in [1.82, 2.24) is 4.98 Å². The molecule has 1 aliphatic heterocycles. The van der Waals surface area contributed by atoms with Gasteiger partial charge in [0.1, 0.15) is 23.1 Å². The molecular weight excluding hydrogens is 272 g/mol. The van der Waals surface area contributed by atoms with Crippen LogP contribution < -0.4 is 4.90 Å². The lowest BCUT2D eigenvalue weighted by Gasteiger charge is -2.29. The molecule has 2 fully saturated rings. The van der Waals surface area contributed by atoms with Gasteiger partial charge in [0.25, 0.3) is 0 Å². The topological polar surface area (TPSA) is 63.7 Å². The fourth-order valence-electron chi connectivity index (χ4n) is 2.89. The molecule has 0 radical (unpaired) electrons. The monoisotopic (exact) mass is 286 g/mol. The van der Waals surface area contributed by atoms with E-state index in [4.69, 9.17) is 11.6 Å². The molecule has 0 spiro atoms. The molecule has 20 heavy (non-hydrogen) atoms. The third-order valence-corrected chi connectivity index (χ3v) is 4.31. The molecule has 0 unspecified atom stereocenters. The first-order valence-electron chi connectivity index (χ1n) is 7.04. The highest BCUT2D eigenvalue weighted by Gasteiger charge is 2.33. The summed E-state index contributed by atoms with van der Waals surface area (Å²) in [7, 11) is 0. The van der Waals surface area contributed by atoms with Gasteiger partial charge in [-0.3, -0.25) is 0 Å². The molecule has 102 valence electrons. The van der Waals surface area contributed by atoms with E-state index in [1.807, 2.05) is 0 Å². The van der Waals surface area contributed by atoms with Gasteiger partial charge in [-0.05, 0) is 43.6 Å². The molecule has 4 nitrogen and oxygen atoms in total. The standard InChI is InChI=1S/C15H15ClN4/c16-14-11(8-17)13(10-4-5-10)12(9-18)15(19-14)20-6-2-1-3-7-20/h10H,1-7H2. The highest BCUT2D eigenvalue weighted by molar-refractivity contribution is 6.30. The number of pyridine rings is 1. The fourth-order valence-corrected chi connectivity index (χ4v) is 3.12. The summed E-state index contributed by atoms with van der Waals surface area (Å²) in [6, 6.07) is 4.40. The molecule has 0 atom stereocenters. The van der Waals surface area contributed by atoms with Gasteiger partial charge < -0.3 is 4.90 Å². The molecule has 0 bridgehead atoms. The van der Waals surface area contributed by atoms with Crippen molar-refractivity contribution < 1.29 is 0 Å². The molecule has 0 amide bonds. The largest absolute Gasteiger partial charge is 0.355 e. The van der Waals surface area contributed by atoms with Crippen molar-refractivity contribution in [3.63, 3.8) is 0 Å². The summed E-state index contributed by atoms with van der Waals surface area (Å²) in [6.07, 6.45) is 5.51. The summed E-state index contributed by atoms with van der Waals surface area (Å²) in [6.45, 7) is 1.82. The van der Waals surface area contributed by atoms with E-state index in [1.165, 1.54) is 6.42 Å². The molecule has 1 aromatic heterocycles. The first-order chi connectivity index (χ1) is 9.76. The number of nitriles is 2. The second kappa shape index (κ2) is 5.31. The van der Waals surface area contributed by atoms with Crippen molar-refractivity contribution in [2.24, 2.45) is 0 Å². The Morgan fingerprint density at radius 1 is 1.05 bits per heavy atom. The Kier molecular flexibility index (Phi) is 3.51. The molecule has 1 aromatic rings. The quantitative estimate of drug-likeness (QED) is 0.782. The van der Waals surface area contributed by atoms with Crippen molar-refractivity contribution in [3.05, 3.63) is 21.8 Å². The van der Waals surface area contributed by atoms with Gasteiger partial charge in [-0.15, -0.1) is 0 Å². The van der Waals surface area contributed by atoms with Gasteiger partial charge in [-0.1, -0.05) is 11.6 Å². The minimum atomic E-state index is 0.244. The second-order valence-electron chi connectivity index (χ2n) is 5.44. The van der Waals surface area contributed by atoms with Crippen LogP contribution in [0.15, 0.2) is 0 Å². The Morgan fingerprint density at radius 2 is 1.70 bits per heavy atom. The Morgan fingerprint density at radius 3 is 2.25 bits per heavy atom. The maximum Gasteiger partial charge on any atom is 0.149 e. The van der Waals surface area contributed by atoms with Crippen LogP contribution in [0, 0.1) is 22.7 Å². The van der Waals surface area contributed by atoms with Gasteiger partial charge in [0.15, 0.2) is 0 Å². The molecule has 3 rings (SSSR count). The van der Waals surface area contributed by atoms with E-state index in [0.29, 0.717) is 22.9 Å². The molecule has 0 aromatic carbocycles. The van der Waals surface area contributed by atoms with E-state index in [-0.39, 0.29) is 5.15 Å². The number of piperidine rings is 1. The van der Waals surface area contributed by atoms with Crippen LogP contribution in [0.1, 0.15) is 54.7 Å². The van der Waals surface area contributed by atoms with E-state index in [2.05, 4.69) is 22.0 Å². The summed E-state index contributed by atoms with van der Waals surface area (Å²) >= 11 is 6.19. The summed E-state index contributed by atoms with van der Waals surface area (Å²) in [5, 5.41) is 19.1. The number of nitrogens with zero attached hydrogens (tertiary/aromatic N) is 4. The third-order valence-electron chi connectivity index (χ3n) is 4.04. The Hall–Kier alpha value is -1.78. The van der Waals surface area contributed by atoms with Crippen LogP contribution in [0.25, 0.3) is 0 Å². The van der Waals surface area contributed by atoms with Gasteiger partial charge >= 0.3 is 0 Å². The molecule has 1 aliphatic carbocycles. The Labute approximate surface area is 123 Å². The number of hydrogen-bond acceptors (Lipinski definition) is 4. The van der Waals surface area contributed by atoms with Gasteiger partial charge in [0.05, 0.1) is 11.1 Å². The lowest BCUT2D eigenvalue weighted by atomic mass is 9.99. The van der Waals surface area contributed by atoms with E-state index >= 15 is 0 Å². The lowest BCUT2D eigenvalue weighted by molar-refractivity contribution is 0.573. The number of rotatable bonds is 2. The van der Waals surface area contributed by atoms with Gasteiger partial charge in [-0.25, -0.2) is 4.98 Å². The van der Waals surface area contributed by atoms with Crippen molar-refractivity contribution in [1.29, 1.82) is 10.5 Å². The van der Waals surface area contributed by atoms with Crippen LogP contribution in [-0.2, 0) is 0 Å². The maximum absolute atomic E-state index is 9.55. The zero-order valence-corrected chi connectivity index (χ0v) is 11.9. The molecular formula is C15H15ClN4. The summed E-state index contributed by atoms with van der Waals surface area (Å²) < 4.78 is 0. The fraction of sp³-hybridized carbons (Fsp3) is 0.533. The van der Waals surface area contributed by atoms with Gasteiger partial charge in [-0.2, -0.15) is 10.5 Å². The Bertz CT molecular complexity index is 616. The third kappa shape index (κ3) is 2.21. The molecule has 1 saturated carbocycles. The number of halogens is 1. The van der Waals surface area contributed by atoms with Crippen LogP contribution >= 0.6 is 11.6 Å². The van der Waals surface area contributed by atoms with E-state index in [1.54, 1.807) is 0 Å². The van der Waals surface area contributed by atoms with E-state index in [0.717, 1.165) is 44.3 Å². The van der Waals surface area contributed by atoms with Crippen molar-refractivity contribution in [2.75, 3.05) is 18.0 Å². The predicted molar refractivity (Wildman–Crippen MR) is 76.7 cm³/mol. The summed E-state index contributed by atoms with van der Waals surface area (Å²) in [4.78, 5) is 6.50. The first-order valence-corrected chi connectivity index (χ1v) is 7.42. The molecule has 2 heterocycles. The average Bonchev–Trinajstić information content (AvgIpc) is 3.31. The summed E-state index contributed by atoms with van der Waals surface area (Å²) in [5.41, 5.74) is 1.79. The van der Waals surface area contributed by atoms with Crippen LogP contribution in [0.5, 0.6) is 0 Å². The highest BCUT2D eigenvalue weighted by Crippen LogP contribution is 2.46. The lowest BCUT2D eigenvalue weighted by Crippen LogP contribution is -2.31. The molecule has 0 N–H and O–H groups in total. The van der Waals surface area contributed by atoms with Crippen molar-refractivity contribution in [3.8, 4) is 12.1 Å². The van der Waals surface area contributed by atoms with E-state index < -0.39 is 0 Å². The summed E-state index contributed by atoms with van der Waals surface area (Å²) in [5.74, 6) is 0.987. The average molecular weight is 287 g/mol. The second-order valence-corrected chi connectivity index (χ2v) is 5.79. The molecule has 1 saturated heterocycles. The Balaban J connectivity index is 2.15. The van der Waals surface area contributed by atoms with Crippen molar-refractivity contribution in [2.45, 2.75) is 38.0 Å². The minimum Gasteiger partial charge on any atom is -0.355 e. The number of anilines is 1. The van der Waals surface area contributed by atoms with Crippen molar-refractivity contribution >= 4 is 17.4 Å². The minimum absolute atomic E-state index is 0.244. The smallest absolute Gasteiger partial charge is 0.149 e. The first kappa shape index (κ1) is 13.2. The zero-order valence-electron chi connectivity index (χ0n) is 11.2. The van der Waals surface area contributed by atoms with Crippen LogP contribution in [0.3, 0.4) is 0 Å². The maximum atomic E-state index is 9.55. The molecule has 5 heteroatoms. The SMILES string of the molecule is N#Cc1c(Cl)nc(N2CCCCC2)c(C#N)c1C1CC1. The van der Waals surface area contributed by atoms with Gasteiger partial charge in [0.2, 0.25) is 0 Å². The number of aromatic nitrogens is 1. The zero-order chi connectivity index (χ0) is 14.1. The van der Waals surface area contributed by atoms with Gasteiger partial charge in [0, 0.05) is 13.1 Å². The van der Waals surface area contributed by atoms with Crippen LogP contribution in [-0.4, -0.2) is 18.1 Å². The highest BCUT2D eigenvalue weighted by atomic mass is 35.5. The van der Waals surface area contributed by atoms with E-state index in [9.17, 15) is 10.5 Å². The molecule has 2 aliphatic rings. The van der Waals surface area contributed by atoms with Crippen LogP contribution in [0.4, 0.5) is 5.82 Å².